The zero-order valence-electron chi connectivity index (χ0n) is 8.67. The molecular weight excluding hydrogens is 319 g/mol. The number of hydrogen-bond donors (Lipinski definition) is 2. The van der Waals surface area contributed by atoms with Crippen LogP contribution in [0.25, 0.3) is 0 Å². The molecule has 0 aliphatic heterocycles. The van der Waals surface area contributed by atoms with E-state index in [2.05, 4.69) is 26.0 Å². The average molecular weight is 331 g/mol. The fourth-order valence-electron chi connectivity index (χ4n) is 1.10. The monoisotopic (exact) mass is 329 g/mol. The van der Waals surface area contributed by atoms with Crippen LogP contribution in [0.3, 0.4) is 0 Å². The second-order valence-corrected chi connectivity index (χ2v) is 4.37. The topological polar surface area (TPSA) is 41.5 Å². The van der Waals surface area contributed by atoms with Crippen LogP contribution in [0.15, 0.2) is 22.7 Å². The number of aliphatic hydroxyl groups is 1. The van der Waals surface area contributed by atoms with Gasteiger partial charge < -0.3 is 15.2 Å². The van der Waals surface area contributed by atoms with Gasteiger partial charge >= 0.3 is 6.61 Å². The zero-order valence-corrected chi connectivity index (χ0v) is 11.0. The maximum Gasteiger partial charge on any atom is 0.387 e. The molecular formula is C10H11BrClF2NO2. The summed E-state index contributed by atoms with van der Waals surface area (Å²) in [4.78, 5) is 0. The van der Waals surface area contributed by atoms with Crippen molar-refractivity contribution in [2.45, 2.75) is 12.7 Å². The van der Waals surface area contributed by atoms with E-state index in [4.69, 9.17) is 11.6 Å². The molecule has 0 fully saturated rings. The quantitative estimate of drug-likeness (QED) is 0.788. The average Bonchev–Trinajstić information content (AvgIpc) is 2.26. The molecule has 17 heavy (non-hydrogen) atoms. The molecule has 0 saturated carbocycles. The van der Waals surface area contributed by atoms with E-state index in [9.17, 15) is 13.9 Å². The molecule has 1 rings (SSSR count). The van der Waals surface area contributed by atoms with Crippen molar-refractivity contribution in [1.82, 2.24) is 0 Å². The van der Waals surface area contributed by atoms with Crippen LogP contribution in [-0.4, -0.2) is 30.2 Å². The number of rotatable bonds is 6. The summed E-state index contributed by atoms with van der Waals surface area (Å²) in [7, 11) is 0. The third-order valence-corrected chi connectivity index (χ3v) is 2.88. The van der Waals surface area contributed by atoms with Gasteiger partial charge in [0.05, 0.1) is 12.0 Å². The second-order valence-electron chi connectivity index (χ2n) is 3.21. The molecule has 0 aliphatic rings. The predicted molar refractivity (Wildman–Crippen MR) is 66.0 cm³/mol. The van der Waals surface area contributed by atoms with E-state index in [1.807, 2.05) is 0 Å². The van der Waals surface area contributed by atoms with E-state index >= 15 is 0 Å². The summed E-state index contributed by atoms with van der Waals surface area (Å²) < 4.78 is 28.7. The zero-order chi connectivity index (χ0) is 12.8. The summed E-state index contributed by atoms with van der Waals surface area (Å²) in [5.74, 6) is 0.187. The Morgan fingerprint density at radius 1 is 1.47 bits per heavy atom. The van der Waals surface area contributed by atoms with Gasteiger partial charge in [0.2, 0.25) is 0 Å². The van der Waals surface area contributed by atoms with Crippen molar-refractivity contribution in [3.63, 3.8) is 0 Å². The number of benzene rings is 1. The molecule has 0 amide bonds. The van der Waals surface area contributed by atoms with Crippen LogP contribution < -0.4 is 10.1 Å². The van der Waals surface area contributed by atoms with Gasteiger partial charge in [0.25, 0.3) is 0 Å². The van der Waals surface area contributed by atoms with Crippen molar-refractivity contribution < 1.29 is 18.6 Å². The molecule has 3 nitrogen and oxygen atoms in total. The number of anilines is 1. The lowest BCUT2D eigenvalue weighted by Gasteiger charge is -2.12. The molecule has 1 unspecified atom stereocenters. The maximum atomic E-state index is 12.0. The van der Waals surface area contributed by atoms with Gasteiger partial charge in [0.15, 0.2) is 0 Å². The number of ether oxygens (including phenoxy) is 1. The first-order chi connectivity index (χ1) is 8.02. The van der Waals surface area contributed by atoms with E-state index in [-0.39, 0.29) is 18.2 Å². The Morgan fingerprint density at radius 2 is 2.18 bits per heavy atom. The van der Waals surface area contributed by atoms with Crippen molar-refractivity contribution >= 4 is 33.2 Å². The Hall–Kier alpha value is -0.590. The van der Waals surface area contributed by atoms with Crippen LogP contribution in [0.2, 0.25) is 0 Å². The molecule has 0 saturated heterocycles. The first-order valence-corrected chi connectivity index (χ1v) is 6.08. The van der Waals surface area contributed by atoms with E-state index in [0.29, 0.717) is 10.2 Å². The first-order valence-electron chi connectivity index (χ1n) is 4.75. The molecule has 0 spiro atoms. The van der Waals surface area contributed by atoms with Gasteiger partial charge in [-0.25, -0.2) is 0 Å². The molecule has 0 heterocycles. The molecule has 96 valence electrons. The van der Waals surface area contributed by atoms with Crippen molar-refractivity contribution in [1.29, 1.82) is 0 Å². The third kappa shape index (κ3) is 5.06. The van der Waals surface area contributed by atoms with Gasteiger partial charge in [0.1, 0.15) is 5.75 Å². The van der Waals surface area contributed by atoms with Crippen LogP contribution in [0, 0.1) is 0 Å². The van der Waals surface area contributed by atoms with E-state index in [1.54, 1.807) is 6.07 Å². The first kappa shape index (κ1) is 14.5. The Bertz CT molecular complexity index is 368. The normalized spacial score (nSPS) is 12.6. The van der Waals surface area contributed by atoms with Gasteiger partial charge in [-0.1, -0.05) is 0 Å². The maximum absolute atomic E-state index is 12.0. The van der Waals surface area contributed by atoms with Crippen LogP contribution >= 0.6 is 27.5 Å². The largest absolute Gasteiger partial charge is 0.435 e. The molecule has 0 bridgehead atoms. The van der Waals surface area contributed by atoms with Crippen molar-refractivity contribution in [3.8, 4) is 5.75 Å². The van der Waals surface area contributed by atoms with Crippen LogP contribution in [-0.2, 0) is 0 Å². The Labute approximate surface area is 111 Å². The molecule has 1 atom stereocenters. The Morgan fingerprint density at radius 3 is 2.71 bits per heavy atom. The summed E-state index contributed by atoms with van der Waals surface area (Å²) in [6.07, 6.45) is -0.666. The van der Waals surface area contributed by atoms with Crippen LogP contribution in [0.4, 0.5) is 14.5 Å². The minimum absolute atomic E-state index is 0.0651. The van der Waals surface area contributed by atoms with Crippen LogP contribution in [0.1, 0.15) is 0 Å². The standard InChI is InChI=1S/C10H11BrClF2NO2/c11-8-3-7(17-10(13)14)1-2-9(8)15-5-6(16)4-12/h1-3,6,10,15-16H,4-5H2. The highest BCUT2D eigenvalue weighted by Gasteiger charge is 2.08. The highest BCUT2D eigenvalue weighted by molar-refractivity contribution is 9.10. The molecule has 0 radical (unpaired) electrons. The molecule has 7 heteroatoms. The van der Waals surface area contributed by atoms with Gasteiger partial charge in [-0.2, -0.15) is 8.78 Å². The number of aliphatic hydroxyl groups excluding tert-OH is 1. The van der Waals surface area contributed by atoms with Crippen molar-refractivity contribution in [2.24, 2.45) is 0 Å². The van der Waals surface area contributed by atoms with E-state index in [1.165, 1.54) is 12.1 Å². The lowest BCUT2D eigenvalue weighted by Crippen LogP contribution is -2.20. The predicted octanol–water partition coefficient (Wildman–Crippen LogP) is 3.06. The van der Waals surface area contributed by atoms with Gasteiger partial charge in [-0.05, 0) is 34.1 Å². The summed E-state index contributed by atoms with van der Waals surface area (Å²) in [5.41, 5.74) is 0.663. The number of alkyl halides is 3. The third-order valence-electron chi connectivity index (χ3n) is 1.87. The van der Waals surface area contributed by atoms with Crippen molar-refractivity contribution in [2.75, 3.05) is 17.7 Å². The SMILES string of the molecule is OC(CCl)CNc1ccc(OC(F)F)cc1Br. The van der Waals surface area contributed by atoms with Gasteiger partial charge in [-0.3, -0.25) is 0 Å². The van der Waals surface area contributed by atoms with Crippen LogP contribution in [0.5, 0.6) is 5.75 Å². The smallest absolute Gasteiger partial charge is 0.387 e. The molecule has 1 aromatic rings. The molecule has 0 aromatic heterocycles. The van der Waals surface area contributed by atoms with Crippen molar-refractivity contribution in [3.05, 3.63) is 22.7 Å². The Balaban J connectivity index is 2.63. The minimum Gasteiger partial charge on any atom is -0.435 e. The highest BCUT2D eigenvalue weighted by atomic mass is 79.9. The summed E-state index contributed by atoms with van der Waals surface area (Å²) in [5, 5.41) is 12.2. The summed E-state index contributed by atoms with van der Waals surface area (Å²) in [6, 6.07) is 4.40. The van der Waals surface area contributed by atoms with E-state index in [0.717, 1.165) is 0 Å². The minimum atomic E-state index is -2.85. The van der Waals surface area contributed by atoms with E-state index < -0.39 is 12.7 Å². The second kappa shape index (κ2) is 6.98. The number of hydrogen-bond acceptors (Lipinski definition) is 3. The fourth-order valence-corrected chi connectivity index (χ4v) is 1.70. The number of halogens is 4. The lowest BCUT2D eigenvalue weighted by atomic mass is 10.3. The molecule has 2 N–H and O–H groups in total. The van der Waals surface area contributed by atoms with Gasteiger partial charge in [0, 0.05) is 16.7 Å². The van der Waals surface area contributed by atoms with Gasteiger partial charge in [-0.15, -0.1) is 11.6 Å². The lowest BCUT2D eigenvalue weighted by molar-refractivity contribution is -0.0498. The summed E-state index contributed by atoms with van der Waals surface area (Å²) in [6.45, 7) is -2.57. The summed E-state index contributed by atoms with van der Waals surface area (Å²) >= 11 is 8.64. The fraction of sp³-hybridized carbons (Fsp3) is 0.400. The molecule has 0 aliphatic carbocycles. The Kier molecular flexibility index (Phi) is 5.94. The highest BCUT2D eigenvalue weighted by Crippen LogP contribution is 2.28. The molecule has 1 aromatic carbocycles. The number of nitrogens with one attached hydrogen (secondary N) is 1.